The first-order chi connectivity index (χ1) is 16.4. The molecule has 0 bridgehead atoms. The highest BCUT2D eigenvalue weighted by Gasteiger charge is 2.53. The maximum Gasteiger partial charge on any atom is 0.353 e. The lowest BCUT2D eigenvalue weighted by Crippen LogP contribution is -2.73. The molecule has 0 unspecified atom stereocenters. The summed E-state index contributed by atoms with van der Waals surface area (Å²) in [5, 5.41) is 28.7. The fourth-order valence-electron chi connectivity index (χ4n) is 3.30. The molecule has 2 aromatic rings. The number of fused-ring (bicyclic) bond motifs is 1. The number of carbonyl (C=O) groups excluding carboxylic acids is 2. The van der Waals surface area contributed by atoms with Gasteiger partial charge in [-0.15, -0.1) is 28.2 Å². The average Bonchev–Trinajstić information content (AvgIpc) is 3.49. The SMILES string of the molecule is CON=C(C(=O)N[C@@H]1C(=O)N2C(C(=O)O)=C(C=CCSc3cn[nH]n3)SC[C@H]12)c1csc(N)n1. The van der Waals surface area contributed by atoms with Crippen molar-refractivity contribution in [3.05, 3.63) is 40.0 Å². The van der Waals surface area contributed by atoms with E-state index in [-0.39, 0.29) is 22.2 Å². The number of carboxylic acids is 1. The van der Waals surface area contributed by atoms with Gasteiger partial charge in [0.2, 0.25) is 0 Å². The maximum absolute atomic E-state index is 12.9. The van der Waals surface area contributed by atoms with E-state index in [1.165, 1.54) is 35.5 Å². The number of aromatic amines is 1. The zero-order valence-electron chi connectivity index (χ0n) is 17.5. The molecule has 1 saturated heterocycles. The van der Waals surface area contributed by atoms with Crippen LogP contribution in [-0.2, 0) is 19.2 Å². The van der Waals surface area contributed by atoms with E-state index in [1.807, 2.05) is 0 Å². The van der Waals surface area contributed by atoms with Crippen molar-refractivity contribution in [2.45, 2.75) is 17.1 Å². The molecule has 2 amide bonds. The lowest BCUT2D eigenvalue weighted by Gasteiger charge is -2.49. The molecule has 0 radical (unpaired) electrons. The zero-order chi connectivity index (χ0) is 24.2. The fraction of sp³-hybridized carbons (Fsp3) is 0.278. The summed E-state index contributed by atoms with van der Waals surface area (Å²) < 4.78 is 0. The van der Waals surface area contributed by atoms with Gasteiger partial charge in [-0.05, 0) is 6.08 Å². The summed E-state index contributed by atoms with van der Waals surface area (Å²) in [5.41, 5.74) is 5.60. The number of rotatable bonds is 9. The first-order valence-electron chi connectivity index (χ1n) is 9.62. The van der Waals surface area contributed by atoms with Gasteiger partial charge in [-0.3, -0.25) is 14.5 Å². The molecule has 4 heterocycles. The van der Waals surface area contributed by atoms with E-state index < -0.39 is 29.9 Å². The van der Waals surface area contributed by atoms with Gasteiger partial charge in [-0.2, -0.15) is 10.3 Å². The number of oxime groups is 1. The Labute approximate surface area is 204 Å². The van der Waals surface area contributed by atoms with E-state index in [4.69, 9.17) is 10.6 Å². The van der Waals surface area contributed by atoms with Crippen LogP contribution in [0.2, 0.25) is 0 Å². The number of carbonyl (C=O) groups is 3. The van der Waals surface area contributed by atoms with Crippen LogP contribution in [0.15, 0.2) is 44.5 Å². The summed E-state index contributed by atoms with van der Waals surface area (Å²) in [6, 6.07) is -1.42. The van der Waals surface area contributed by atoms with Gasteiger partial charge in [-0.25, -0.2) is 9.78 Å². The summed E-state index contributed by atoms with van der Waals surface area (Å²) >= 11 is 3.85. The second-order valence-corrected chi connectivity index (χ2v) is 9.76. The largest absolute Gasteiger partial charge is 0.477 e. The Kier molecular flexibility index (Phi) is 7.18. The van der Waals surface area contributed by atoms with E-state index in [0.29, 0.717) is 21.4 Å². The van der Waals surface area contributed by atoms with Gasteiger partial charge in [0.05, 0.1) is 12.2 Å². The standard InChI is InChI=1S/C18H18N8O5S3/c1-31-24-12(8-6-34-18(19)21-8)15(27)22-13-9-7-33-10(14(17(29)30)26(9)16(13)28)3-2-4-32-11-5-20-25-23-11/h2-3,5-6,9,13H,4,7H2,1H3,(H2,19,21)(H,22,27)(H,29,30)(H,20,23,25)/t9-,13+/m1/s1. The topological polar surface area (TPSA) is 189 Å². The number of amides is 2. The Morgan fingerprint density at radius 3 is 3.00 bits per heavy atom. The number of hydrogen-bond donors (Lipinski definition) is 4. The first-order valence-corrected chi connectivity index (χ1v) is 12.5. The number of allylic oxidation sites excluding steroid dienone is 1. The van der Waals surface area contributed by atoms with Crippen molar-refractivity contribution in [2.75, 3.05) is 24.3 Å². The van der Waals surface area contributed by atoms with Crippen molar-refractivity contribution in [1.82, 2.24) is 30.6 Å². The van der Waals surface area contributed by atoms with E-state index in [2.05, 4.69) is 30.9 Å². The molecule has 1 fully saturated rings. The second kappa shape index (κ2) is 10.3. The van der Waals surface area contributed by atoms with Crippen LogP contribution in [0.3, 0.4) is 0 Å². The number of thiazole rings is 1. The smallest absolute Gasteiger partial charge is 0.353 e. The Hall–Kier alpha value is -3.37. The number of H-pyrrole nitrogens is 1. The monoisotopic (exact) mass is 522 g/mol. The van der Waals surface area contributed by atoms with Crippen LogP contribution >= 0.6 is 34.9 Å². The lowest BCUT2D eigenvalue weighted by molar-refractivity contribution is -0.153. The third kappa shape index (κ3) is 4.78. The van der Waals surface area contributed by atoms with Gasteiger partial charge in [0, 0.05) is 21.8 Å². The number of nitrogen functional groups attached to an aromatic ring is 1. The third-order valence-electron chi connectivity index (χ3n) is 4.74. The van der Waals surface area contributed by atoms with E-state index >= 15 is 0 Å². The Bertz CT molecular complexity index is 1190. The summed E-state index contributed by atoms with van der Waals surface area (Å²) in [6.07, 6.45) is 5.05. The van der Waals surface area contributed by atoms with Crippen molar-refractivity contribution in [3.8, 4) is 0 Å². The Balaban J connectivity index is 1.46. The molecule has 2 atom stereocenters. The molecular formula is C18H18N8O5S3. The molecule has 5 N–H and O–H groups in total. The minimum atomic E-state index is -1.22. The minimum Gasteiger partial charge on any atom is -0.477 e. The molecule has 16 heteroatoms. The lowest BCUT2D eigenvalue weighted by atomic mass is 9.94. The molecule has 13 nitrogen and oxygen atoms in total. The van der Waals surface area contributed by atoms with Crippen LogP contribution in [0.5, 0.6) is 0 Å². The number of carboxylic acid groups (broad SMARTS) is 1. The van der Waals surface area contributed by atoms with E-state index in [0.717, 1.165) is 11.3 Å². The Morgan fingerprint density at radius 1 is 1.53 bits per heavy atom. The summed E-state index contributed by atoms with van der Waals surface area (Å²) in [4.78, 5) is 48.0. The molecule has 0 spiro atoms. The molecule has 2 aliphatic rings. The van der Waals surface area contributed by atoms with Crippen LogP contribution < -0.4 is 11.1 Å². The van der Waals surface area contributed by atoms with Gasteiger partial charge in [0.1, 0.15) is 29.6 Å². The van der Waals surface area contributed by atoms with Gasteiger partial charge in [-0.1, -0.05) is 23.0 Å². The van der Waals surface area contributed by atoms with Gasteiger partial charge in [0.15, 0.2) is 10.8 Å². The van der Waals surface area contributed by atoms with E-state index in [1.54, 1.807) is 23.7 Å². The summed E-state index contributed by atoms with van der Waals surface area (Å²) in [5.74, 6) is -1.47. The number of aliphatic carboxylic acids is 1. The molecule has 2 aromatic heterocycles. The van der Waals surface area contributed by atoms with Crippen LogP contribution in [-0.4, -0.2) is 84.6 Å². The molecule has 0 aliphatic carbocycles. The van der Waals surface area contributed by atoms with Crippen LogP contribution in [0, 0.1) is 0 Å². The number of β-lactam (4-membered cyclic amide) rings is 1. The number of anilines is 1. The van der Waals surface area contributed by atoms with Crippen molar-refractivity contribution in [3.63, 3.8) is 0 Å². The molecule has 178 valence electrons. The predicted molar refractivity (Wildman–Crippen MR) is 126 cm³/mol. The van der Waals surface area contributed by atoms with Crippen molar-refractivity contribution in [2.24, 2.45) is 5.16 Å². The number of nitrogens with one attached hydrogen (secondary N) is 2. The maximum atomic E-state index is 12.9. The highest BCUT2D eigenvalue weighted by molar-refractivity contribution is 8.03. The molecule has 0 aromatic carbocycles. The molecule has 4 rings (SSSR count). The van der Waals surface area contributed by atoms with Gasteiger partial charge >= 0.3 is 5.97 Å². The molecule has 0 saturated carbocycles. The first kappa shape index (κ1) is 23.8. The predicted octanol–water partition coefficient (Wildman–Crippen LogP) is 0.281. The van der Waals surface area contributed by atoms with Gasteiger partial charge in [0.25, 0.3) is 11.8 Å². The van der Waals surface area contributed by atoms with Crippen molar-refractivity contribution in [1.29, 1.82) is 0 Å². The fourth-order valence-corrected chi connectivity index (χ4v) is 5.65. The number of hydrogen-bond acceptors (Lipinski definition) is 12. The van der Waals surface area contributed by atoms with Gasteiger partial charge < -0.3 is 21.0 Å². The quantitative estimate of drug-likeness (QED) is 0.153. The highest BCUT2D eigenvalue weighted by atomic mass is 32.2. The van der Waals surface area contributed by atoms with Crippen molar-refractivity contribution >= 4 is 63.5 Å². The number of aromatic nitrogens is 4. The minimum absolute atomic E-state index is 0.113. The summed E-state index contributed by atoms with van der Waals surface area (Å²) in [6.45, 7) is 0. The zero-order valence-corrected chi connectivity index (χ0v) is 19.9. The molecule has 34 heavy (non-hydrogen) atoms. The second-order valence-electron chi connectivity index (χ2n) is 6.77. The van der Waals surface area contributed by atoms with Crippen molar-refractivity contribution < 1.29 is 24.3 Å². The number of thioether (sulfide) groups is 2. The molecular weight excluding hydrogens is 504 g/mol. The average molecular weight is 523 g/mol. The molecule has 2 aliphatic heterocycles. The highest BCUT2D eigenvalue weighted by Crippen LogP contribution is 2.39. The van der Waals surface area contributed by atoms with Crippen LogP contribution in [0.1, 0.15) is 5.69 Å². The normalized spacial score (nSPS) is 20.3. The van der Waals surface area contributed by atoms with Crippen LogP contribution in [0.4, 0.5) is 5.13 Å². The number of nitrogens with zero attached hydrogens (tertiary/aromatic N) is 5. The summed E-state index contributed by atoms with van der Waals surface area (Å²) in [7, 11) is 1.28. The van der Waals surface area contributed by atoms with Crippen LogP contribution in [0.25, 0.3) is 0 Å². The van der Waals surface area contributed by atoms with E-state index in [9.17, 15) is 19.5 Å². The Morgan fingerprint density at radius 2 is 2.35 bits per heavy atom. The third-order valence-corrected chi connectivity index (χ3v) is 7.42. The number of nitrogens with two attached hydrogens (primary N) is 1.